The van der Waals surface area contributed by atoms with Gasteiger partial charge < -0.3 is 15.2 Å². The molecule has 2 fully saturated rings. The predicted molar refractivity (Wildman–Crippen MR) is 84.1 cm³/mol. The number of rotatable bonds is 2. The Hall–Kier alpha value is -1.24. The van der Waals surface area contributed by atoms with Gasteiger partial charge in [-0.1, -0.05) is 0 Å². The Balaban J connectivity index is 1.58. The first-order valence-electron chi connectivity index (χ1n) is 7.45. The van der Waals surface area contributed by atoms with Crippen LogP contribution in [0.5, 0.6) is 0 Å². The molecule has 0 radical (unpaired) electrons. The van der Waals surface area contributed by atoms with Crippen molar-refractivity contribution in [1.82, 2.24) is 9.21 Å². The summed E-state index contributed by atoms with van der Waals surface area (Å²) in [6.45, 7) is 2.41. The first-order valence-corrected chi connectivity index (χ1v) is 8.72. The number of nitrogens with two attached hydrogens (primary N) is 1. The van der Waals surface area contributed by atoms with Crippen LogP contribution < -0.4 is 5.73 Å². The molecule has 1 aromatic carbocycles. The third-order valence-corrected chi connectivity index (χ3v) is 5.92. The van der Waals surface area contributed by atoms with Gasteiger partial charge >= 0.3 is 0 Å². The van der Waals surface area contributed by atoms with E-state index in [0.29, 0.717) is 17.3 Å². The van der Waals surface area contributed by atoms with E-state index in [-0.39, 0.29) is 5.91 Å². The molecular formula is C15H21N3O2S. The second-order valence-corrected chi connectivity index (χ2v) is 7.19. The molecule has 2 saturated heterocycles. The smallest absolute Gasteiger partial charge is 0.253 e. The average molecular weight is 307 g/mol. The van der Waals surface area contributed by atoms with E-state index < -0.39 is 11.4 Å². The summed E-state index contributed by atoms with van der Waals surface area (Å²) in [5.74, 6) is 0.862. The average Bonchev–Trinajstić information content (AvgIpc) is 2.94. The molecular weight excluding hydrogens is 286 g/mol. The zero-order chi connectivity index (χ0) is 14.8. The molecule has 5 nitrogen and oxygen atoms in total. The van der Waals surface area contributed by atoms with Crippen LogP contribution in [0.2, 0.25) is 0 Å². The molecule has 1 aromatic rings. The molecule has 0 spiro atoms. The molecule has 1 amide bonds. The molecule has 0 aromatic heterocycles. The number of hydrogen-bond acceptors (Lipinski definition) is 4. The fourth-order valence-electron chi connectivity index (χ4n) is 3.08. The van der Waals surface area contributed by atoms with Crippen LogP contribution in [0.1, 0.15) is 29.6 Å². The molecule has 2 N–H and O–H groups in total. The number of piperidine rings is 1. The van der Waals surface area contributed by atoms with Gasteiger partial charge in [0.1, 0.15) is 5.75 Å². The summed E-state index contributed by atoms with van der Waals surface area (Å²) < 4.78 is 14.0. The third-order valence-electron chi connectivity index (χ3n) is 4.28. The lowest BCUT2D eigenvalue weighted by Gasteiger charge is -2.35. The van der Waals surface area contributed by atoms with E-state index >= 15 is 0 Å². The van der Waals surface area contributed by atoms with Gasteiger partial charge in [0, 0.05) is 48.7 Å². The van der Waals surface area contributed by atoms with Crippen LogP contribution in [0.3, 0.4) is 0 Å². The van der Waals surface area contributed by atoms with Gasteiger partial charge in [-0.25, -0.2) is 0 Å². The van der Waals surface area contributed by atoms with Crippen LogP contribution in [0.25, 0.3) is 0 Å². The Morgan fingerprint density at radius 2 is 1.86 bits per heavy atom. The van der Waals surface area contributed by atoms with E-state index in [9.17, 15) is 9.35 Å². The second kappa shape index (κ2) is 6.25. The maximum Gasteiger partial charge on any atom is 0.253 e. The zero-order valence-electron chi connectivity index (χ0n) is 12.0. The number of carbonyl (C=O) groups excluding carboxylic acids is 1. The second-order valence-electron chi connectivity index (χ2n) is 5.67. The van der Waals surface area contributed by atoms with Crippen molar-refractivity contribution in [3.63, 3.8) is 0 Å². The van der Waals surface area contributed by atoms with Gasteiger partial charge in [-0.2, -0.15) is 0 Å². The summed E-state index contributed by atoms with van der Waals surface area (Å²) in [7, 11) is 0. The Morgan fingerprint density at radius 3 is 2.43 bits per heavy atom. The molecule has 1 atom stereocenters. The molecule has 2 aliphatic heterocycles. The number of anilines is 1. The highest BCUT2D eigenvalue weighted by molar-refractivity contribution is 7.89. The molecule has 114 valence electrons. The van der Waals surface area contributed by atoms with Gasteiger partial charge in [-0.05, 0) is 37.1 Å². The molecule has 1 unspecified atom stereocenters. The van der Waals surface area contributed by atoms with Crippen LogP contribution in [-0.4, -0.2) is 51.1 Å². The van der Waals surface area contributed by atoms with E-state index in [0.717, 1.165) is 44.6 Å². The maximum absolute atomic E-state index is 12.4. The summed E-state index contributed by atoms with van der Waals surface area (Å²) >= 11 is -0.803. The van der Waals surface area contributed by atoms with Crippen molar-refractivity contribution < 1.29 is 9.35 Å². The first kappa shape index (κ1) is 14.7. The normalized spacial score (nSPS) is 24.4. The molecule has 6 heteroatoms. The number of likely N-dealkylation sites (tertiary alicyclic amines) is 1. The van der Waals surface area contributed by atoms with Crippen molar-refractivity contribution >= 4 is 23.0 Å². The highest BCUT2D eigenvalue weighted by atomic mass is 32.2. The Labute approximate surface area is 128 Å². The van der Waals surface area contributed by atoms with E-state index in [1.165, 1.54) is 0 Å². The van der Waals surface area contributed by atoms with Crippen molar-refractivity contribution in [2.75, 3.05) is 31.1 Å². The summed E-state index contributed by atoms with van der Waals surface area (Å²) in [6.07, 6.45) is 2.84. The minimum atomic E-state index is -0.803. The van der Waals surface area contributed by atoms with Crippen LogP contribution in [0.4, 0.5) is 5.69 Å². The van der Waals surface area contributed by atoms with Crippen molar-refractivity contribution in [2.24, 2.45) is 0 Å². The molecule has 3 rings (SSSR count). The number of carbonyl (C=O) groups is 1. The van der Waals surface area contributed by atoms with E-state index in [2.05, 4.69) is 4.31 Å². The lowest BCUT2D eigenvalue weighted by atomic mass is 10.0. The number of hydrogen-bond donors (Lipinski definition) is 1. The quantitative estimate of drug-likeness (QED) is 0.659. The SMILES string of the molecule is Nc1ccc(C(=O)N2CCC(N3CCC[S+]3[O-])CC2)cc1. The topological polar surface area (TPSA) is 72.6 Å². The van der Waals surface area contributed by atoms with Gasteiger partial charge in [0.15, 0.2) is 0 Å². The first-order chi connectivity index (χ1) is 10.1. The van der Waals surface area contributed by atoms with Crippen molar-refractivity contribution in [3.8, 4) is 0 Å². The van der Waals surface area contributed by atoms with E-state index in [1.807, 2.05) is 4.90 Å². The summed E-state index contributed by atoms with van der Waals surface area (Å²) in [4.78, 5) is 14.3. The Bertz CT molecular complexity index is 500. The van der Waals surface area contributed by atoms with E-state index in [1.54, 1.807) is 24.3 Å². The minimum Gasteiger partial charge on any atom is -0.598 e. The predicted octanol–water partition coefficient (Wildman–Crippen LogP) is 1.24. The van der Waals surface area contributed by atoms with Crippen LogP contribution in [-0.2, 0) is 11.4 Å². The summed E-state index contributed by atoms with van der Waals surface area (Å²) in [5.41, 5.74) is 7.00. The van der Waals surface area contributed by atoms with Crippen LogP contribution in [0.15, 0.2) is 24.3 Å². The highest BCUT2D eigenvalue weighted by Gasteiger charge is 2.36. The third kappa shape index (κ3) is 3.17. The van der Waals surface area contributed by atoms with Crippen LogP contribution in [0, 0.1) is 0 Å². The minimum absolute atomic E-state index is 0.0657. The van der Waals surface area contributed by atoms with Crippen molar-refractivity contribution in [1.29, 1.82) is 0 Å². The van der Waals surface area contributed by atoms with E-state index in [4.69, 9.17) is 5.73 Å². The molecule has 2 heterocycles. The largest absolute Gasteiger partial charge is 0.598 e. The van der Waals surface area contributed by atoms with Crippen molar-refractivity contribution in [3.05, 3.63) is 29.8 Å². The highest BCUT2D eigenvalue weighted by Crippen LogP contribution is 2.25. The van der Waals surface area contributed by atoms with Gasteiger partial charge in [-0.3, -0.25) is 4.79 Å². The van der Waals surface area contributed by atoms with Gasteiger partial charge in [0.05, 0.1) is 6.04 Å². The fraction of sp³-hybridized carbons (Fsp3) is 0.533. The number of nitrogen functional groups attached to an aromatic ring is 1. The fourth-order valence-corrected chi connectivity index (χ4v) is 4.56. The molecule has 2 aliphatic rings. The Kier molecular flexibility index (Phi) is 4.37. The maximum atomic E-state index is 12.4. The standard InChI is InChI=1S/C15H21N3O2S/c16-13-4-2-12(3-5-13)15(19)17-9-6-14(7-10-17)18-8-1-11-21(18)20/h2-5,14H,1,6-11,16H2. The van der Waals surface area contributed by atoms with Crippen LogP contribution >= 0.6 is 0 Å². The van der Waals surface area contributed by atoms with Gasteiger partial charge in [-0.15, -0.1) is 4.31 Å². The lowest BCUT2D eigenvalue weighted by molar-refractivity contribution is 0.0681. The molecule has 0 aliphatic carbocycles. The van der Waals surface area contributed by atoms with Crippen molar-refractivity contribution in [2.45, 2.75) is 25.3 Å². The zero-order valence-corrected chi connectivity index (χ0v) is 12.8. The number of nitrogens with zero attached hydrogens (tertiary/aromatic N) is 2. The number of amides is 1. The number of benzene rings is 1. The molecule has 21 heavy (non-hydrogen) atoms. The summed E-state index contributed by atoms with van der Waals surface area (Å²) in [5, 5.41) is 0. The van der Waals surface area contributed by atoms with Gasteiger partial charge in [0.25, 0.3) is 5.91 Å². The Morgan fingerprint density at radius 1 is 1.19 bits per heavy atom. The monoisotopic (exact) mass is 307 g/mol. The van der Waals surface area contributed by atoms with Gasteiger partial charge in [0.2, 0.25) is 0 Å². The molecule has 0 bridgehead atoms. The lowest BCUT2D eigenvalue weighted by Crippen LogP contribution is -2.47. The molecule has 0 saturated carbocycles. The summed E-state index contributed by atoms with van der Waals surface area (Å²) in [6, 6.07) is 7.43.